The number of hydrogen-bond acceptors (Lipinski definition) is 6. The lowest BCUT2D eigenvalue weighted by Gasteiger charge is -2.36. The molecule has 0 aliphatic carbocycles. The van der Waals surface area contributed by atoms with Gasteiger partial charge < -0.3 is 24.6 Å². The van der Waals surface area contributed by atoms with E-state index in [4.69, 9.17) is 4.74 Å². The highest BCUT2D eigenvalue weighted by Crippen LogP contribution is 2.24. The number of methoxy groups -OCH3 is 1. The second-order valence-electron chi connectivity index (χ2n) is 7.37. The van der Waals surface area contributed by atoms with Gasteiger partial charge in [-0.05, 0) is 39.0 Å². The highest BCUT2D eigenvalue weighted by molar-refractivity contribution is 5.70. The lowest BCUT2D eigenvalue weighted by atomic mass is 10.2. The van der Waals surface area contributed by atoms with Crippen molar-refractivity contribution in [2.24, 2.45) is 0 Å². The first-order valence-corrected chi connectivity index (χ1v) is 9.03. The van der Waals surface area contributed by atoms with Gasteiger partial charge in [0, 0.05) is 38.4 Å². The molecule has 0 aromatic heterocycles. The van der Waals surface area contributed by atoms with Crippen LogP contribution in [0.4, 0.5) is 20.6 Å². The molecule has 8 heteroatoms. The number of carbonyl (C=O) groups is 2. The number of hydrogen-bond donors (Lipinski definition) is 1. The number of rotatable bonds is 5. The van der Waals surface area contributed by atoms with Crippen LogP contribution in [0.15, 0.2) is 18.2 Å². The maximum absolute atomic E-state index is 14.5. The van der Waals surface area contributed by atoms with Gasteiger partial charge in [0.1, 0.15) is 11.4 Å². The highest BCUT2D eigenvalue weighted by Gasteiger charge is 2.26. The number of nitrogens with zero attached hydrogens (tertiary/aromatic N) is 2. The fraction of sp³-hybridized carbons (Fsp3) is 0.579. The molecule has 150 valence electrons. The van der Waals surface area contributed by atoms with Crippen LogP contribution >= 0.6 is 0 Å². The van der Waals surface area contributed by atoms with Crippen molar-refractivity contribution < 1.29 is 23.5 Å². The van der Waals surface area contributed by atoms with Crippen molar-refractivity contribution in [3.8, 4) is 0 Å². The van der Waals surface area contributed by atoms with E-state index in [0.717, 1.165) is 0 Å². The van der Waals surface area contributed by atoms with Gasteiger partial charge in [-0.15, -0.1) is 0 Å². The van der Waals surface area contributed by atoms with Gasteiger partial charge >= 0.3 is 12.1 Å². The average Bonchev–Trinajstić information content (AvgIpc) is 2.60. The largest absolute Gasteiger partial charge is 0.469 e. The second-order valence-corrected chi connectivity index (χ2v) is 7.37. The Morgan fingerprint density at radius 1 is 1.19 bits per heavy atom. The molecule has 1 heterocycles. The molecular formula is C19H28FN3O4. The third kappa shape index (κ3) is 6.30. The molecule has 0 spiro atoms. The van der Waals surface area contributed by atoms with E-state index in [1.54, 1.807) is 17.0 Å². The summed E-state index contributed by atoms with van der Waals surface area (Å²) in [5.41, 5.74) is 0.571. The number of ether oxygens (including phenoxy) is 2. The molecule has 1 aromatic carbocycles. The molecule has 7 nitrogen and oxygen atoms in total. The average molecular weight is 381 g/mol. The zero-order chi connectivity index (χ0) is 20.0. The molecule has 1 fully saturated rings. The van der Waals surface area contributed by atoms with Crippen molar-refractivity contribution in [1.82, 2.24) is 4.90 Å². The van der Waals surface area contributed by atoms with E-state index >= 15 is 0 Å². The molecule has 2 rings (SSSR count). The zero-order valence-corrected chi connectivity index (χ0v) is 16.4. The third-order valence-corrected chi connectivity index (χ3v) is 4.11. The number of carbonyl (C=O) groups excluding carboxylic acids is 2. The number of esters is 1. The summed E-state index contributed by atoms with van der Waals surface area (Å²) in [4.78, 5) is 26.8. The van der Waals surface area contributed by atoms with Gasteiger partial charge in [-0.3, -0.25) is 4.79 Å². The molecule has 0 unspecified atom stereocenters. The van der Waals surface area contributed by atoms with Gasteiger partial charge in [-0.1, -0.05) is 0 Å². The Hall–Kier alpha value is -2.51. The van der Waals surface area contributed by atoms with Crippen molar-refractivity contribution in [2.75, 3.05) is 50.1 Å². The van der Waals surface area contributed by atoms with Gasteiger partial charge in [0.05, 0.1) is 19.2 Å². The smallest absolute Gasteiger partial charge is 0.410 e. The molecule has 1 amide bonds. The minimum Gasteiger partial charge on any atom is -0.469 e. The quantitative estimate of drug-likeness (QED) is 0.791. The van der Waals surface area contributed by atoms with E-state index in [-0.39, 0.29) is 24.3 Å². The molecule has 0 radical (unpaired) electrons. The highest BCUT2D eigenvalue weighted by atomic mass is 19.1. The minimum absolute atomic E-state index is 0.215. The Kier molecular flexibility index (Phi) is 6.87. The molecule has 0 saturated carbocycles. The Balaban J connectivity index is 1.88. The van der Waals surface area contributed by atoms with Crippen molar-refractivity contribution in [2.45, 2.75) is 32.8 Å². The number of halogens is 1. The number of nitrogens with one attached hydrogen (secondary N) is 1. The molecular weight excluding hydrogens is 353 g/mol. The van der Waals surface area contributed by atoms with Crippen molar-refractivity contribution in [3.05, 3.63) is 24.0 Å². The van der Waals surface area contributed by atoms with Crippen LogP contribution in [0.25, 0.3) is 0 Å². The maximum atomic E-state index is 14.5. The topological polar surface area (TPSA) is 71.1 Å². The summed E-state index contributed by atoms with van der Waals surface area (Å²) in [5.74, 6) is -0.661. The first-order valence-electron chi connectivity index (χ1n) is 9.03. The Morgan fingerprint density at radius 2 is 1.85 bits per heavy atom. The van der Waals surface area contributed by atoms with Crippen LogP contribution in [0.1, 0.15) is 27.2 Å². The van der Waals surface area contributed by atoms with E-state index in [1.165, 1.54) is 13.2 Å². The fourth-order valence-corrected chi connectivity index (χ4v) is 2.74. The molecule has 27 heavy (non-hydrogen) atoms. The summed E-state index contributed by atoms with van der Waals surface area (Å²) in [5, 5.41) is 3.00. The first-order chi connectivity index (χ1) is 12.7. The molecule has 0 bridgehead atoms. The van der Waals surface area contributed by atoms with Crippen molar-refractivity contribution >= 4 is 23.4 Å². The van der Waals surface area contributed by atoms with E-state index < -0.39 is 5.60 Å². The van der Waals surface area contributed by atoms with Crippen LogP contribution in [0.5, 0.6) is 0 Å². The predicted molar refractivity (Wildman–Crippen MR) is 102 cm³/mol. The van der Waals surface area contributed by atoms with E-state index in [9.17, 15) is 14.0 Å². The normalized spacial score (nSPS) is 14.7. The molecule has 1 aliphatic heterocycles. The summed E-state index contributed by atoms with van der Waals surface area (Å²) in [7, 11) is 1.33. The summed E-state index contributed by atoms with van der Waals surface area (Å²) < 4.78 is 24.4. The summed E-state index contributed by atoms with van der Waals surface area (Å²) in [6.07, 6.45) is -0.125. The van der Waals surface area contributed by atoms with Crippen LogP contribution in [0.2, 0.25) is 0 Å². The summed E-state index contributed by atoms with van der Waals surface area (Å²) in [6.45, 7) is 7.89. The molecule has 1 N–H and O–H groups in total. The number of anilines is 2. The first kappa shape index (κ1) is 20.8. The van der Waals surface area contributed by atoms with Gasteiger partial charge in [-0.2, -0.15) is 0 Å². The van der Waals surface area contributed by atoms with E-state index in [0.29, 0.717) is 44.1 Å². The number of piperazine rings is 1. The number of benzene rings is 1. The van der Waals surface area contributed by atoms with Crippen LogP contribution in [0.3, 0.4) is 0 Å². The lowest BCUT2D eigenvalue weighted by Crippen LogP contribution is -2.50. The van der Waals surface area contributed by atoms with Gasteiger partial charge in [0.15, 0.2) is 0 Å². The van der Waals surface area contributed by atoms with E-state index in [1.807, 2.05) is 25.7 Å². The van der Waals surface area contributed by atoms with Crippen molar-refractivity contribution in [1.29, 1.82) is 0 Å². The molecule has 1 aromatic rings. The lowest BCUT2D eigenvalue weighted by molar-refractivity contribution is -0.140. The van der Waals surface area contributed by atoms with E-state index in [2.05, 4.69) is 10.1 Å². The zero-order valence-electron chi connectivity index (χ0n) is 16.4. The Labute approximate surface area is 159 Å². The second kappa shape index (κ2) is 8.92. The Bertz CT molecular complexity index is 667. The van der Waals surface area contributed by atoms with Gasteiger partial charge in [0.2, 0.25) is 0 Å². The third-order valence-electron chi connectivity index (χ3n) is 4.11. The Morgan fingerprint density at radius 3 is 2.41 bits per heavy atom. The monoisotopic (exact) mass is 381 g/mol. The molecule has 0 atom stereocenters. The SMILES string of the molecule is COC(=O)CCNc1ccc(N2CCN(C(=O)OC(C)(C)C)CC2)c(F)c1. The van der Waals surface area contributed by atoms with Crippen LogP contribution in [-0.2, 0) is 14.3 Å². The number of amides is 1. The summed E-state index contributed by atoms with van der Waals surface area (Å²) >= 11 is 0. The van der Waals surface area contributed by atoms with Crippen LogP contribution in [-0.4, -0.2) is 62.4 Å². The fourth-order valence-electron chi connectivity index (χ4n) is 2.74. The van der Waals surface area contributed by atoms with Crippen LogP contribution in [0, 0.1) is 5.82 Å². The molecule has 1 aliphatic rings. The molecule has 1 saturated heterocycles. The summed E-state index contributed by atoms with van der Waals surface area (Å²) in [6, 6.07) is 4.89. The minimum atomic E-state index is -0.531. The standard InChI is InChI=1S/C19H28FN3O4/c1-19(2,3)27-18(25)23-11-9-22(10-12-23)16-6-5-14(13-15(16)20)21-8-7-17(24)26-4/h5-6,13,21H,7-12H2,1-4H3. The van der Waals surface area contributed by atoms with Crippen LogP contribution < -0.4 is 10.2 Å². The predicted octanol–water partition coefficient (Wildman–Crippen LogP) is 2.86. The van der Waals surface area contributed by atoms with Gasteiger partial charge in [0.25, 0.3) is 0 Å². The maximum Gasteiger partial charge on any atom is 0.410 e. The van der Waals surface area contributed by atoms with Gasteiger partial charge in [-0.25, -0.2) is 9.18 Å². The van der Waals surface area contributed by atoms with Crippen molar-refractivity contribution in [3.63, 3.8) is 0 Å².